The van der Waals surface area contributed by atoms with Crippen molar-refractivity contribution in [3.8, 4) is 0 Å². The number of hydrogen-bond acceptors (Lipinski definition) is 6. The molecule has 0 radical (unpaired) electrons. The van der Waals surface area contributed by atoms with Gasteiger partial charge >= 0.3 is 5.97 Å². The van der Waals surface area contributed by atoms with Crippen molar-refractivity contribution in [3.63, 3.8) is 0 Å². The number of carbonyl (C=O) groups excluding carboxylic acids is 1. The van der Waals surface area contributed by atoms with Gasteiger partial charge in [-0.2, -0.15) is 0 Å². The third-order valence-electron chi connectivity index (χ3n) is 6.26. The van der Waals surface area contributed by atoms with Gasteiger partial charge in [-0.1, -0.05) is 17.7 Å². The maximum Gasteiger partial charge on any atom is 0.326 e. The molecule has 8 nitrogen and oxygen atoms in total. The first-order valence-corrected chi connectivity index (χ1v) is 12.6. The zero-order chi connectivity index (χ0) is 25.4. The number of halogens is 1. The second kappa shape index (κ2) is 12.8. The molecule has 1 atom stereocenters. The Morgan fingerprint density at radius 1 is 1.20 bits per heavy atom. The molecule has 1 unspecified atom stereocenters. The molecule has 2 heterocycles. The van der Waals surface area contributed by atoms with E-state index < -0.39 is 17.9 Å². The van der Waals surface area contributed by atoms with Gasteiger partial charge in [0, 0.05) is 56.9 Å². The molecule has 0 aromatic carbocycles. The van der Waals surface area contributed by atoms with Crippen LogP contribution in [0, 0.1) is 6.92 Å². The number of aryl methyl sites for hydroxylation is 3. The van der Waals surface area contributed by atoms with Gasteiger partial charge in [0.15, 0.2) is 0 Å². The fourth-order valence-corrected chi connectivity index (χ4v) is 4.64. The number of aromatic nitrogens is 2. The first-order chi connectivity index (χ1) is 16.8. The lowest BCUT2D eigenvalue weighted by Gasteiger charge is -2.19. The number of carboxylic acids is 1. The average Bonchev–Trinajstić information content (AvgIpc) is 2.82. The highest BCUT2D eigenvalue weighted by molar-refractivity contribution is 6.34. The number of anilines is 1. The lowest BCUT2D eigenvalue weighted by molar-refractivity contribution is -0.139. The number of unbranched alkanes of at least 4 members (excludes halogenated alkanes) is 1. The Kier molecular flexibility index (Phi) is 9.86. The van der Waals surface area contributed by atoms with E-state index in [2.05, 4.69) is 22.4 Å². The number of carbonyl (C=O) groups is 2. The average molecular weight is 503 g/mol. The highest BCUT2D eigenvalue weighted by Gasteiger charge is 2.24. The standard InChI is InChI=1S/C26H35ClN4O4/c1-17-23(20(27)16-28-24(17)31(2)3)25(32)30-22(26(33)34)13-15-35-14-7-6-9-19-12-11-18-8-4-5-10-21(18)29-19/h11-12,16,22H,4-10,13-15H2,1-3H3,(H,30,32)(H,33,34). The zero-order valence-corrected chi connectivity index (χ0v) is 21.5. The van der Waals surface area contributed by atoms with Gasteiger partial charge in [-0.15, -0.1) is 0 Å². The molecule has 0 bridgehead atoms. The lowest BCUT2D eigenvalue weighted by Crippen LogP contribution is -2.42. The van der Waals surface area contributed by atoms with Crippen LogP contribution in [-0.2, 0) is 28.8 Å². The monoisotopic (exact) mass is 502 g/mol. The van der Waals surface area contributed by atoms with Crippen LogP contribution in [0.2, 0.25) is 5.02 Å². The molecule has 1 aliphatic rings. The molecule has 9 heteroatoms. The summed E-state index contributed by atoms with van der Waals surface area (Å²) in [7, 11) is 3.62. The maximum absolute atomic E-state index is 12.8. The number of fused-ring (bicyclic) bond motifs is 1. The molecular formula is C26H35ClN4O4. The molecule has 2 aromatic rings. The summed E-state index contributed by atoms with van der Waals surface area (Å²) in [4.78, 5) is 35.3. The first kappa shape index (κ1) is 26.9. The SMILES string of the molecule is Cc1c(N(C)C)ncc(Cl)c1C(=O)NC(CCOCCCCc1ccc2c(n1)CCCC2)C(=O)O. The van der Waals surface area contributed by atoms with Gasteiger partial charge in [0.2, 0.25) is 0 Å². The summed E-state index contributed by atoms with van der Waals surface area (Å²) >= 11 is 6.20. The molecule has 35 heavy (non-hydrogen) atoms. The van der Waals surface area contributed by atoms with E-state index in [0.29, 0.717) is 18.0 Å². The van der Waals surface area contributed by atoms with E-state index in [0.717, 1.165) is 37.8 Å². The van der Waals surface area contributed by atoms with Crippen LogP contribution >= 0.6 is 11.6 Å². The van der Waals surface area contributed by atoms with Gasteiger partial charge in [0.1, 0.15) is 11.9 Å². The van der Waals surface area contributed by atoms with Gasteiger partial charge in [-0.05, 0) is 63.5 Å². The van der Waals surface area contributed by atoms with Crippen LogP contribution < -0.4 is 10.2 Å². The largest absolute Gasteiger partial charge is 0.480 e. The van der Waals surface area contributed by atoms with Crippen LogP contribution in [0.1, 0.15) is 65.0 Å². The summed E-state index contributed by atoms with van der Waals surface area (Å²) in [5.74, 6) is -1.06. The predicted octanol–water partition coefficient (Wildman–Crippen LogP) is 4.00. The molecular weight excluding hydrogens is 468 g/mol. The summed E-state index contributed by atoms with van der Waals surface area (Å²) in [6.07, 6.45) is 8.99. The van der Waals surface area contributed by atoms with Crippen molar-refractivity contribution in [1.29, 1.82) is 0 Å². The second-order valence-electron chi connectivity index (χ2n) is 9.16. The van der Waals surface area contributed by atoms with Crippen LogP contribution in [0.25, 0.3) is 0 Å². The summed E-state index contributed by atoms with van der Waals surface area (Å²) in [5, 5.41) is 12.3. The molecule has 3 rings (SSSR count). The molecule has 0 spiro atoms. The molecule has 0 fully saturated rings. The molecule has 0 saturated heterocycles. The Morgan fingerprint density at radius 2 is 1.97 bits per heavy atom. The van der Waals surface area contributed by atoms with Crippen molar-refractivity contribution in [2.45, 2.75) is 64.3 Å². The number of nitrogens with zero attached hydrogens (tertiary/aromatic N) is 3. The van der Waals surface area contributed by atoms with Gasteiger partial charge in [0.25, 0.3) is 5.91 Å². The lowest BCUT2D eigenvalue weighted by atomic mass is 9.95. The van der Waals surface area contributed by atoms with Crippen LogP contribution in [-0.4, -0.2) is 60.3 Å². The van der Waals surface area contributed by atoms with Crippen molar-refractivity contribution in [3.05, 3.63) is 51.4 Å². The van der Waals surface area contributed by atoms with Crippen molar-refractivity contribution >= 4 is 29.3 Å². The maximum atomic E-state index is 12.8. The summed E-state index contributed by atoms with van der Waals surface area (Å²) in [6, 6.07) is 3.27. The number of nitrogens with one attached hydrogen (secondary N) is 1. The normalized spacial score (nSPS) is 13.7. The molecule has 0 saturated carbocycles. The number of carboxylic acid groups (broad SMARTS) is 1. The van der Waals surface area contributed by atoms with Crippen molar-refractivity contribution in [2.75, 3.05) is 32.2 Å². The predicted molar refractivity (Wildman–Crippen MR) is 136 cm³/mol. The number of aliphatic carboxylic acids is 1. The van der Waals surface area contributed by atoms with Crippen molar-refractivity contribution in [1.82, 2.24) is 15.3 Å². The topological polar surface area (TPSA) is 105 Å². The minimum absolute atomic E-state index is 0.162. The number of pyridine rings is 2. The van der Waals surface area contributed by atoms with Gasteiger partial charge < -0.3 is 20.1 Å². The highest BCUT2D eigenvalue weighted by atomic mass is 35.5. The third-order valence-corrected chi connectivity index (χ3v) is 6.55. The fourth-order valence-electron chi connectivity index (χ4n) is 4.37. The zero-order valence-electron chi connectivity index (χ0n) is 20.8. The molecule has 1 amide bonds. The van der Waals surface area contributed by atoms with E-state index >= 15 is 0 Å². The minimum Gasteiger partial charge on any atom is -0.480 e. The Bertz CT molecular complexity index is 1040. The molecule has 0 aliphatic heterocycles. The number of rotatable bonds is 12. The van der Waals surface area contributed by atoms with E-state index in [1.165, 1.54) is 30.3 Å². The number of ether oxygens (including phenoxy) is 1. The van der Waals surface area contributed by atoms with Crippen LogP contribution in [0.5, 0.6) is 0 Å². The van der Waals surface area contributed by atoms with E-state index in [1.54, 1.807) is 11.8 Å². The Labute approximate surface area is 212 Å². The van der Waals surface area contributed by atoms with Gasteiger partial charge in [0.05, 0.1) is 10.6 Å². The molecule has 190 valence electrons. The summed E-state index contributed by atoms with van der Waals surface area (Å²) < 4.78 is 5.65. The molecule has 2 aromatic heterocycles. The first-order valence-electron chi connectivity index (χ1n) is 12.2. The van der Waals surface area contributed by atoms with E-state index in [9.17, 15) is 14.7 Å². The third kappa shape index (κ3) is 7.39. The molecule has 1 aliphatic carbocycles. The Morgan fingerprint density at radius 3 is 2.71 bits per heavy atom. The quantitative estimate of drug-likeness (QED) is 0.423. The van der Waals surface area contributed by atoms with E-state index in [4.69, 9.17) is 21.3 Å². The Hall–Kier alpha value is -2.71. The second-order valence-corrected chi connectivity index (χ2v) is 9.57. The van der Waals surface area contributed by atoms with Crippen LogP contribution in [0.4, 0.5) is 5.82 Å². The summed E-state index contributed by atoms with van der Waals surface area (Å²) in [6.45, 7) is 2.51. The fraction of sp³-hybridized carbons (Fsp3) is 0.538. The number of amides is 1. The van der Waals surface area contributed by atoms with Crippen molar-refractivity contribution in [2.24, 2.45) is 0 Å². The number of hydrogen-bond donors (Lipinski definition) is 2. The Balaban J connectivity index is 1.42. The smallest absolute Gasteiger partial charge is 0.326 e. The minimum atomic E-state index is -1.11. The highest BCUT2D eigenvalue weighted by Crippen LogP contribution is 2.25. The van der Waals surface area contributed by atoms with Crippen molar-refractivity contribution < 1.29 is 19.4 Å². The van der Waals surface area contributed by atoms with Crippen LogP contribution in [0.15, 0.2) is 18.3 Å². The van der Waals surface area contributed by atoms with Gasteiger partial charge in [-0.25, -0.2) is 9.78 Å². The molecule has 2 N–H and O–H groups in total. The van der Waals surface area contributed by atoms with E-state index in [1.807, 2.05) is 14.1 Å². The van der Waals surface area contributed by atoms with E-state index in [-0.39, 0.29) is 23.6 Å². The summed E-state index contributed by atoms with van der Waals surface area (Å²) in [5.41, 5.74) is 4.60. The van der Waals surface area contributed by atoms with Crippen LogP contribution in [0.3, 0.4) is 0 Å². The van der Waals surface area contributed by atoms with Gasteiger partial charge in [-0.3, -0.25) is 9.78 Å².